The van der Waals surface area contributed by atoms with E-state index in [1.54, 1.807) is 12.8 Å². The molecule has 0 radical (unpaired) electrons. The first-order chi connectivity index (χ1) is 5.16. The van der Waals surface area contributed by atoms with E-state index in [2.05, 4.69) is 4.74 Å². The number of nitrogens with zero attached hydrogens (tertiary/aromatic N) is 1. The lowest BCUT2D eigenvalue weighted by Gasteiger charge is -2.18. The normalized spacial score (nSPS) is 32.2. The van der Waals surface area contributed by atoms with Crippen molar-refractivity contribution in [2.75, 3.05) is 13.7 Å². The third-order valence-electron chi connectivity index (χ3n) is 2.06. The molecule has 1 aliphatic rings. The highest BCUT2D eigenvalue weighted by atomic mass is 16.5. The van der Waals surface area contributed by atoms with Crippen LogP contribution in [0.1, 0.15) is 6.42 Å². The van der Waals surface area contributed by atoms with Gasteiger partial charge in [0, 0.05) is 0 Å². The van der Waals surface area contributed by atoms with Crippen LogP contribution in [0, 0.1) is 0 Å². The minimum Gasteiger partial charge on any atom is -0.468 e. The second-order valence-electron chi connectivity index (χ2n) is 2.80. The lowest BCUT2D eigenvalue weighted by molar-refractivity contribution is -0.146. The zero-order valence-corrected chi connectivity index (χ0v) is 6.78. The van der Waals surface area contributed by atoms with Gasteiger partial charge in [0.25, 0.3) is 0 Å². The maximum Gasteiger partial charge on any atom is 0.324 e. The Hall–Kier alpha value is -0.545. The molecule has 0 bridgehead atoms. The number of carbonyl (C=O) groups excluding carboxylic acids is 1. The van der Waals surface area contributed by atoms with Crippen molar-refractivity contribution >= 4 is 14.0 Å². The van der Waals surface area contributed by atoms with Crippen molar-refractivity contribution in [1.82, 2.24) is 4.81 Å². The Morgan fingerprint density at radius 2 is 2.45 bits per heavy atom. The standard InChI is InChI=1S/C6H12BNO3/c1-11-6(10)5-4(9)2-3-8(5)7/h4-5,9H,2-3,7H2,1H3/t4-,5-/m0/s1. The van der Waals surface area contributed by atoms with Crippen LogP contribution in [0.25, 0.3) is 0 Å². The summed E-state index contributed by atoms with van der Waals surface area (Å²) in [6.07, 6.45) is 0.0865. The molecular weight excluding hydrogens is 145 g/mol. The minimum atomic E-state index is -0.563. The summed E-state index contributed by atoms with van der Waals surface area (Å²) in [5.74, 6) is -0.350. The van der Waals surface area contributed by atoms with Gasteiger partial charge in [0.2, 0.25) is 0 Å². The van der Waals surface area contributed by atoms with Crippen LogP contribution < -0.4 is 0 Å². The molecule has 0 aliphatic carbocycles. The number of carbonyl (C=O) groups is 1. The fourth-order valence-electron chi connectivity index (χ4n) is 1.38. The molecule has 1 saturated heterocycles. The van der Waals surface area contributed by atoms with Crippen molar-refractivity contribution in [1.29, 1.82) is 0 Å². The van der Waals surface area contributed by atoms with Gasteiger partial charge >= 0.3 is 5.97 Å². The van der Waals surface area contributed by atoms with E-state index in [0.717, 1.165) is 6.54 Å². The molecule has 0 aromatic heterocycles. The monoisotopic (exact) mass is 157 g/mol. The van der Waals surface area contributed by atoms with Crippen molar-refractivity contribution in [2.24, 2.45) is 0 Å². The third-order valence-corrected chi connectivity index (χ3v) is 2.06. The Kier molecular flexibility index (Phi) is 2.51. The van der Waals surface area contributed by atoms with Gasteiger partial charge in [-0.2, -0.15) is 0 Å². The molecule has 2 atom stereocenters. The van der Waals surface area contributed by atoms with Crippen molar-refractivity contribution in [3.8, 4) is 0 Å². The summed E-state index contributed by atoms with van der Waals surface area (Å²) in [7, 11) is 3.14. The summed E-state index contributed by atoms with van der Waals surface area (Å²) in [6.45, 7) is 0.751. The first-order valence-corrected chi connectivity index (χ1v) is 3.63. The average Bonchev–Trinajstić information content (AvgIpc) is 2.30. The molecule has 1 heterocycles. The van der Waals surface area contributed by atoms with Crippen LogP contribution >= 0.6 is 0 Å². The molecule has 1 fully saturated rings. The second-order valence-corrected chi connectivity index (χ2v) is 2.80. The van der Waals surface area contributed by atoms with E-state index in [9.17, 15) is 9.90 Å². The van der Waals surface area contributed by atoms with Crippen LogP contribution in [0.4, 0.5) is 0 Å². The summed E-state index contributed by atoms with van der Waals surface area (Å²) >= 11 is 0. The van der Waals surface area contributed by atoms with Crippen molar-refractivity contribution < 1.29 is 14.6 Å². The molecule has 1 aliphatic heterocycles. The Bertz CT molecular complexity index is 154. The number of methoxy groups -OCH3 is 1. The maximum atomic E-state index is 11.0. The predicted molar refractivity (Wildman–Crippen MR) is 41.7 cm³/mol. The molecule has 0 saturated carbocycles. The Morgan fingerprint density at radius 1 is 1.82 bits per heavy atom. The molecule has 4 nitrogen and oxygen atoms in total. The van der Waals surface area contributed by atoms with Gasteiger partial charge in [-0.05, 0) is 13.0 Å². The summed E-state index contributed by atoms with van der Waals surface area (Å²) in [5, 5.41) is 9.32. The van der Waals surface area contributed by atoms with Gasteiger partial charge in [0.15, 0.2) is 7.98 Å². The van der Waals surface area contributed by atoms with Crippen molar-refractivity contribution in [3.63, 3.8) is 0 Å². The van der Waals surface area contributed by atoms with Gasteiger partial charge < -0.3 is 14.7 Å². The van der Waals surface area contributed by atoms with E-state index in [-0.39, 0.29) is 5.97 Å². The second kappa shape index (κ2) is 3.23. The molecule has 0 amide bonds. The topological polar surface area (TPSA) is 49.8 Å². The zero-order valence-electron chi connectivity index (χ0n) is 6.78. The average molecular weight is 157 g/mol. The lowest BCUT2D eigenvalue weighted by Crippen LogP contribution is -2.41. The number of aliphatic hydroxyl groups is 1. The molecule has 0 aromatic carbocycles. The molecule has 0 aromatic rings. The van der Waals surface area contributed by atoms with E-state index >= 15 is 0 Å². The number of aliphatic hydroxyl groups excluding tert-OH is 1. The van der Waals surface area contributed by atoms with Crippen LogP contribution in [0.15, 0.2) is 0 Å². The molecule has 0 unspecified atom stereocenters. The van der Waals surface area contributed by atoms with Crippen LogP contribution in [0.5, 0.6) is 0 Å². The molecule has 1 N–H and O–H groups in total. The molecule has 11 heavy (non-hydrogen) atoms. The Balaban J connectivity index is 2.60. The van der Waals surface area contributed by atoms with Gasteiger partial charge in [0.1, 0.15) is 6.04 Å². The summed E-state index contributed by atoms with van der Waals surface area (Å²) < 4.78 is 4.53. The maximum absolute atomic E-state index is 11.0. The van der Waals surface area contributed by atoms with E-state index in [1.165, 1.54) is 7.11 Å². The third kappa shape index (κ3) is 1.54. The lowest BCUT2D eigenvalue weighted by atomic mass is 10.1. The zero-order chi connectivity index (χ0) is 8.43. The molecular formula is C6H12BNO3. The first-order valence-electron chi connectivity index (χ1n) is 3.63. The van der Waals surface area contributed by atoms with Crippen molar-refractivity contribution in [3.05, 3.63) is 0 Å². The SMILES string of the molecule is BN1CC[C@H](O)[C@H]1C(=O)OC. The van der Waals surface area contributed by atoms with Crippen LogP contribution in [0.2, 0.25) is 0 Å². The van der Waals surface area contributed by atoms with Crippen LogP contribution in [-0.2, 0) is 9.53 Å². The van der Waals surface area contributed by atoms with Gasteiger partial charge in [0.05, 0.1) is 13.2 Å². The van der Waals surface area contributed by atoms with Gasteiger partial charge in [-0.3, -0.25) is 4.79 Å². The van der Waals surface area contributed by atoms with Gasteiger partial charge in [-0.15, -0.1) is 0 Å². The predicted octanol–water partition coefficient (Wildman–Crippen LogP) is -1.86. The van der Waals surface area contributed by atoms with E-state index in [0.29, 0.717) is 6.42 Å². The highest BCUT2D eigenvalue weighted by molar-refractivity contribution is 6.06. The largest absolute Gasteiger partial charge is 0.468 e. The number of esters is 1. The van der Waals surface area contributed by atoms with Crippen LogP contribution in [-0.4, -0.2) is 49.7 Å². The highest BCUT2D eigenvalue weighted by Crippen LogP contribution is 2.15. The van der Waals surface area contributed by atoms with E-state index in [4.69, 9.17) is 0 Å². The smallest absolute Gasteiger partial charge is 0.324 e. The van der Waals surface area contributed by atoms with Gasteiger partial charge in [-0.1, -0.05) is 0 Å². The van der Waals surface area contributed by atoms with E-state index < -0.39 is 12.1 Å². The number of rotatable bonds is 1. The number of hydrogen-bond acceptors (Lipinski definition) is 4. The Labute approximate surface area is 66.6 Å². The fraction of sp³-hybridized carbons (Fsp3) is 0.833. The quantitative estimate of drug-likeness (QED) is 0.358. The van der Waals surface area contributed by atoms with Crippen LogP contribution in [0.3, 0.4) is 0 Å². The first kappa shape index (κ1) is 8.55. The fourth-order valence-corrected chi connectivity index (χ4v) is 1.38. The summed E-state index contributed by atoms with van der Waals surface area (Å²) in [4.78, 5) is 12.8. The molecule has 0 spiro atoms. The van der Waals surface area contributed by atoms with E-state index in [1.807, 2.05) is 0 Å². The number of hydrogen-bond donors (Lipinski definition) is 1. The minimum absolute atomic E-state index is 0.350. The number of ether oxygens (including phenoxy) is 1. The molecule has 1 rings (SSSR count). The summed E-state index contributed by atoms with van der Waals surface area (Å²) in [5.41, 5.74) is 0. The van der Waals surface area contributed by atoms with Crippen molar-refractivity contribution in [2.45, 2.75) is 18.6 Å². The highest BCUT2D eigenvalue weighted by Gasteiger charge is 2.36. The van der Waals surface area contributed by atoms with Gasteiger partial charge in [-0.25, -0.2) is 0 Å². The molecule has 62 valence electrons. The Morgan fingerprint density at radius 3 is 2.82 bits per heavy atom. The summed E-state index contributed by atoms with van der Waals surface area (Å²) in [6, 6.07) is -0.458. The molecule has 5 heteroatoms.